The maximum Gasteiger partial charge on any atom is -0.0171 e. The summed E-state index contributed by atoms with van der Waals surface area (Å²) in [7, 11) is 0. The Balaban J connectivity index is 0.973. The average molecular weight is 839 g/mol. The zero-order chi connectivity index (χ0) is 44.1. The molecule has 0 bridgehead atoms. The smallest absolute Gasteiger partial charge is 0.0171 e. The van der Waals surface area contributed by atoms with Gasteiger partial charge < -0.3 is 0 Å². The molecule has 66 heavy (non-hydrogen) atoms. The van der Waals surface area contributed by atoms with Crippen LogP contribution in [0.15, 0.2) is 279 Å². The average Bonchev–Trinajstić information content (AvgIpc) is 3.42. The molecule has 0 spiro atoms. The molecule has 0 heteroatoms. The molecule has 0 aliphatic heterocycles. The second kappa shape index (κ2) is 18.3. The van der Waals surface area contributed by atoms with Gasteiger partial charge in [0.25, 0.3) is 0 Å². The summed E-state index contributed by atoms with van der Waals surface area (Å²) in [6, 6.07) is 101. The van der Waals surface area contributed by atoms with E-state index >= 15 is 0 Å². The molecule has 0 saturated carbocycles. The lowest BCUT2D eigenvalue weighted by molar-refractivity contribution is 1.54. The lowest BCUT2D eigenvalue weighted by atomic mass is 9.90. The Kier molecular flexibility index (Phi) is 11.1. The minimum atomic E-state index is 1.17. The van der Waals surface area contributed by atoms with Crippen LogP contribution < -0.4 is 0 Å². The molecule has 0 aliphatic carbocycles. The van der Waals surface area contributed by atoms with Crippen LogP contribution in [0.1, 0.15) is 0 Å². The zero-order valence-corrected chi connectivity index (χ0v) is 36.6. The summed E-state index contributed by atoms with van der Waals surface area (Å²) < 4.78 is 0. The van der Waals surface area contributed by atoms with Crippen molar-refractivity contribution in [3.8, 4) is 111 Å². The van der Waals surface area contributed by atoms with Gasteiger partial charge in [-0.1, -0.05) is 224 Å². The second-order valence-corrected chi connectivity index (χ2v) is 17.0. The fourth-order valence-electron chi connectivity index (χ4n) is 9.14. The van der Waals surface area contributed by atoms with E-state index in [4.69, 9.17) is 0 Å². The highest BCUT2D eigenvalue weighted by molar-refractivity contribution is 5.86. The topological polar surface area (TPSA) is 0 Å². The second-order valence-electron chi connectivity index (χ2n) is 17.0. The first-order valence-corrected chi connectivity index (χ1v) is 22.7. The summed E-state index contributed by atoms with van der Waals surface area (Å²) >= 11 is 0. The Morgan fingerprint density at radius 1 is 0.0909 bits per heavy atom. The minimum Gasteiger partial charge on any atom is -0.0622 e. The van der Waals surface area contributed by atoms with E-state index < -0.39 is 0 Å². The molecule has 0 fully saturated rings. The van der Waals surface area contributed by atoms with Gasteiger partial charge in [0.2, 0.25) is 0 Å². The Labute approximate surface area is 388 Å². The number of rotatable bonds is 10. The van der Waals surface area contributed by atoms with Crippen molar-refractivity contribution in [3.05, 3.63) is 279 Å². The molecule has 11 aromatic carbocycles. The predicted octanol–water partition coefficient (Wildman–Crippen LogP) is 18.4. The van der Waals surface area contributed by atoms with Gasteiger partial charge in [-0.2, -0.15) is 0 Å². The Morgan fingerprint density at radius 2 is 0.227 bits per heavy atom. The molecular formula is C66H46. The van der Waals surface area contributed by atoms with E-state index in [1.54, 1.807) is 0 Å². The van der Waals surface area contributed by atoms with E-state index in [0.29, 0.717) is 0 Å². The molecule has 0 nitrogen and oxygen atoms in total. The monoisotopic (exact) mass is 838 g/mol. The maximum absolute atomic E-state index is 2.36. The van der Waals surface area contributed by atoms with Crippen molar-refractivity contribution in [1.29, 1.82) is 0 Å². The first-order chi connectivity index (χ1) is 32.7. The van der Waals surface area contributed by atoms with E-state index in [0.717, 1.165) is 0 Å². The quantitative estimate of drug-likeness (QED) is 0.129. The highest BCUT2D eigenvalue weighted by Crippen LogP contribution is 2.38. The van der Waals surface area contributed by atoms with Crippen LogP contribution in [-0.2, 0) is 0 Å². The van der Waals surface area contributed by atoms with Crippen molar-refractivity contribution in [3.63, 3.8) is 0 Å². The molecule has 0 radical (unpaired) electrons. The van der Waals surface area contributed by atoms with Crippen LogP contribution in [0.2, 0.25) is 0 Å². The summed E-state index contributed by atoms with van der Waals surface area (Å²) in [5.74, 6) is 0. The third kappa shape index (κ3) is 8.69. The number of benzene rings is 11. The Morgan fingerprint density at radius 3 is 0.439 bits per heavy atom. The van der Waals surface area contributed by atoms with E-state index in [-0.39, 0.29) is 0 Å². The molecule has 0 aliphatic rings. The summed E-state index contributed by atoms with van der Waals surface area (Å²) in [5, 5.41) is 0. The maximum atomic E-state index is 2.36. The van der Waals surface area contributed by atoms with Gasteiger partial charge in [-0.3, -0.25) is 0 Å². The van der Waals surface area contributed by atoms with E-state index in [1.165, 1.54) is 111 Å². The molecule has 0 amide bonds. The van der Waals surface area contributed by atoms with E-state index in [2.05, 4.69) is 279 Å². The standard InChI is InChI=1S/C66H46/c1-4-16-47(17-5-1)52-22-10-25-55(38-52)50-34-36-51(37-35-50)56-26-13-31-61(41-56)64-44-65(62-32-14-29-59(42-62)57-27-11-23-53(39-57)48-18-6-2-7-19-48)46-66(45-64)63-33-15-30-60(43-63)58-28-12-24-54(40-58)49-20-8-3-9-21-49/h1-46H. The van der Waals surface area contributed by atoms with Crippen LogP contribution in [0.4, 0.5) is 0 Å². The third-order valence-electron chi connectivity index (χ3n) is 12.6. The third-order valence-corrected chi connectivity index (χ3v) is 12.6. The van der Waals surface area contributed by atoms with Gasteiger partial charge in [0, 0.05) is 0 Å². The largest absolute Gasteiger partial charge is 0.0622 e. The van der Waals surface area contributed by atoms with Crippen molar-refractivity contribution in [2.45, 2.75) is 0 Å². The summed E-state index contributed by atoms with van der Waals surface area (Å²) in [6.45, 7) is 0. The first kappa shape index (κ1) is 40.2. The Hall–Kier alpha value is -8.58. The molecule has 310 valence electrons. The fourth-order valence-corrected chi connectivity index (χ4v) is 9.14. The Bertz CT molecular complexity index is 3290. The lowest BCUT2D eigenvalue weighted by Gasteiger charge is -2.14. The summed E-state index contributed by atoms with van der Waals surface area (Å²) in [6.07, 6.45) is 0. The van der Waals surface area contributed by atoms with Crippen LogP contribution in [-0.4, -0.2) is 0 Å². The highest BCUT2D eigenvalue weighted by atomic mass is 14.2. The molecular weight excluding hydrogens is 793 g/mol. The zero-order valence-electron chi connectivity index (χ0n) is 36.6. The van der Waals surface area contributed by atoms with Gasteiger partial charge in [0.1, 0.15) is 0 Å². The molecule has 11 rings (SSSR count). The fraction of sp³-hybridized carbons (Fsp3) is 0. The predicted molar refractivity (Wildman–Crippen MR) is 281 cm³/mol. The van der Waals surface area contributed by atoms with Gasteiger partial charge in [0.05, 0.1) is 0 Å². The van der Waals surface area contributed by atoms with Crippen LogP contribution in [0, 0.1) is 0 Å². The molecule has 0 saturated heterocycles. The van der Waals surface area contributed by atoms with Gasteiger partial charge in [-0.25, -0.2) is 0 Å². The molecule has 0 N–H and O–H groups in total. The van der Waals surface area contributed by atoms with Gasteiger partial charge in [0.15, 0.2) is 0 Å². The van der Waals surface area contributed by atoms with E-state index in [9.17, 15) is 0 Å². The van der Waals surface area contributed by atoms with Crippen molar-refractivity contribution in [1.82, 2.24) is 0 Å². The molecule has 0 aromatic heterocycles. The van der Waals surface area contributed by atoms with Crippen LogP contribution in [0.3, 0.4) is 0 Å². The SMILES string of the molecule is c1ccc(-c2cccc(-c3ccc(-c4cccc(-c5cc(-c6cccc(-c7cccc(-c8ccccc8)c7)c6)cc(-c6cccc(-c7cccc(-c8ccccc8)c7)c6)c5)c4)cc3)c2)cc1. The van der Waals surface area contributed by atoms with Crippen LogP contribution in [0.25, 0.3) is 111 Å². The lowest BCUT2D eigenvalue weighted by Crippen LogP contribution is -1.89. The summed E-state index contributed by atoms with van der Waals surface area (Å²) in [4.78, 5) is 0. The van der Waals surface area contributed by atoms with Crippen LogP contribution >= 0.6 is 0 Å². The van der Waals surface area contributed by atoms with Gasteiger partial charge in [-0.05, 0) is 166 Å². The summed E-state index contributed by atoms with van der Waals surface area (Å²) in [5.41, 5.74) is 23.9. The van der Waals surface area contributed by atoms with Crippen molar-refractivity contribution >= 4 is 0 Å². The van der Waals surface area contributed by atoms with Crippen molar-refractivity contribution < 1.29 is 0 Å². The number of hydrogen-bond acceptors (Lipinski definition) is 0. The molecule has 0 unspecified atom stereocenters. The number of hydrogen-bond donors (Lipinski definition) is 0. The first-order valence-electron chi connectivity index (χ1n) is 22.7. The minimum absolute atomic E-state index is 1.17. The van der Waals surface area contributed by atoms with Gasteiger partial charge in [-0.15, -0.1) is 0 Å². The molecule has 0 atom stereocenters. The van der Waals surface area contributed by atoms with E-state index in [1.807, 2.05) is 0 Å². The normalized spacial score (nSPS) is 11.0. The van der Waals surface area contributed by atoms with Crippen molar-refractivity contribution in [2.24, 2.45) is 0 Å². The van der Waals surface area contributed by atoms with Gasteiger partial charge >= 0.3 is 0 Å². The van der Waals surface area contributed by atoms with Crippen LogP contribution in [0.5, 0.6) is 0 Å². The highest BCUT2D eigenvalue weighted by Gasteiger charge is 2.13. The molecule has 11 aromatic rings. The molecule has 0 heterocycles. The van der Waals surface area contributed by atoms with Crippen molar-refractivity contribution in [2.75, 3.05) is 0 Å².